The Morgan fingerprint density at radius 1 is 0.950 bits per heavy atom. The van der Waals surface area contributed by atoms with Crippen LogP contribution in [0.1, 0.15) is 37.8 Å². The number of rotatable bonds is 3. The Labute approximate surface area is 121 Å². The number of hydrogen-bond donors (Lipinski definition) is 0. The maximum atomic E-state index is 6.24. The second kappa shape index (κ2) is 5.41. The fourth-order valence-corrected chi connectivity index (χ4v) is 3.72. The molecule has 0 saturated carbocycles. The molecule has 0 bridgehead atoms. The van der Waals surface area contributed by atoms with Gasteiger partial charge in [-0.2, -0.15) is 0 Å². The molecular formula is C19H22O. The first kappa shape index (κ1) is 13.4. The van der Waals surface area contributed by atoms with Crippen molar-refractivity contribution in [2.24, 2.45) is 0 Å². The summed E-state index contributed by atoms with van der Waals surface area (Å²) in [5.41, 5.74) is 2.75. The lowest BCUT2D eigenvalue weighted by molar-refractivity contribution is 0.0401. The average Bonchev–Trinajstić information content (AvgIpc) is 2.87. The molecule has 0 unspecified atom stereocenters. The van der Waals surface area contributed by atoms with Crippen LogP contribution in [0.3, 0.4) is 0 Å². The first-order valence-corrected chi connectivity index (χ1v) is 7.54. The Balaban J connectivity index is 2.18. The van der Waals surface area contributed by atoms with Gasteiger partial charge in [0, 0.05) is 5.41 Å². The summed E-state index contributed by atoms with van der Waals surface area (Å²) in [5.74, 6) is 0. The minimum Gasteiger partial charge on any atom is -0.374 e. The summed E-state index contributed by atoms with van der Waals surface area (Å²) in [6, 6.07) is 21.7. The van der Waals surface area contributed by atoms with Crippen LogP contribution in [-0.2, 0) is 10.2 Å². The molecule has 3 rings (SSSR count). The van der Waals surface area contributed by atoms with Gasteiger partial charge in [-0.25, -0.2) is 0 Å². The highest BCUT2D eigenvalue weighted by molar-refractivity contribution is 5.42. The molecule has 1 nitrogen and oxygen atoms in total. The van der Waals surface area contributed by atoms with Crippen molar-refractivity contribution in [2.75, 3.05) is 0 Å². The fraction of sp³-hybridized carbons (Fsp3) is 0.368. The molecule has 2 atom stereocenters. The third-order valence-corrected chi connectivity index (χ3v) is 4.50. The maximum absolute atomic E-state index is 6.24. The normalized spacial score (nSPS) is 24.7. The van der Waals surface area contributed by atoms with Gasteiger partial charge in [0.2, 0.25) is 0 Å². The zero-order valence-corrected chi connectivity index (χ0v) is 12.3. The lowest BCUT2D eigenvalue weighted by Gasteiger charge is -2.35. The zero-order chi connectivity index (χ0) is 14.0. The van der Waals surface area contributed by atoms with E-state index < -0.39 is 0 Å². The van der Waals surface area contributed by atoms with Crippen LogP contribution in [0, 0.1) is 0 Å². The summed E-state index contributed by atoms with van der Waals surface area (Å²) < 4.78 is 6.24. The highest BCUT2D eigenvalue weighted by atomic mass is 16.5. The van der Waals surface area contributed by atoms with Crippen molar-refractivity contribution in [3.8, 4) is 0 Å². The first-order chi connectivity index (χ1) is 9.77. The molecule has 1 aliphatic rings. The predicted molar refractivity (Wildman–Crippen MR) is 82.9 cm³/mol. The van der Waals surface area contributed by atoms with Crippen molar-refractivity contribution >= 4 is 0 Å². The van der Waals surface area contributed by atoms with E-state index in [4.69, 9.17) is 4.74 Å². The Kier molecular flexibility index (Phi) is 3.62. The van der Waals surface area contributed by atoms with Gasteiger partial charge in [-0.15, -0.1) is 0 Å². The van der Waals surface area contributed by atoms with E-state index in [0.717, 1.165) is 12.8 Å². The van der Waals surface area contributed by atoms with Gasteiger partial charge in [-0.1, -0.05) is 67.6 Å². The standard InChI is InChI=1S/C19H22O/c1-3-18-19(14-15(2)20-18,16-10-6-4-7-11-16)17-12-8-5-9-13-17/h4-13,15,18H,3,14H2,1-2H3/t15-,18-/m1/s1. The van der Waals surface area contributed by atoms with Crippen LogP contribution in [0.15, 0.2) is 60.7 Å². The van der Waals surface area contributed by atoms with Crippen LogP contribution in [-0.4, -0.2) is 12.2 Å². The molecule has 0 spiro atoms. The molecule has 1 fully saturated rings. The third kappa shape index (κ3) is 2.06. The van der Waals surface area contributed by atoms with Gasteiger partial charge in [-0.3, -0.25) is 0 Å². The van der Waals surface area contributed by atoms with Crippen LogP contribution in [0.2, 0.25) is 0 Å². The van der Waals surface area contributed by atoms with Crippen molar-refractivity contribution < 1.29 is 4.74 Å². The Bertz CT molecular complexity index is 507. The molecule has 20 heavy (non-hydrogen) atoms. The summed E-state index contributed by atoms with van der Waals surface area (Å²) in [5, 5.41) is 0. The molecule has 2 aromatic rings. The minimum absolute atomic E-state index is 0.00329. The second-order valence-electron chi connectivity index (χ2n) is 5.75. The number of hydrogen-bond acceptors (Lipinski definition) is 1. The minimum atomic E-state index is -0.00329. The summed E-state index contributed by atoms with van der Waals surface area (Å²) in [4.78, 5) is 0. The molecule has 104 valence electrons. The van der Waals surface area contributed by atoms with E-state index in [1.165, 1.54) is 11.1 Å². The van der Waals surface area contributed by atoms with Crippen molar-refractivity contribution in [3.05, 3.63) is 71.8 Å². The summed E-state index contributed by atoms with van der Waals surface area (Å²) in [6.07, 6.45) is 2.65. The van der Waals surface area contributed by atoms with Crippen LogP contribution in [0.4, 0.5) is 0 Å². The highest BCUT2D eigenvalue weighted by Crippen LogP contribution is 2.47. The number of ether oxygens (including phenoxy) is 1. The molecule has 0 amide bonds. The largest absolute Gasteiger partial charge is 0.374 e. The molecule has 1 heteroatoms. The number of benzene rings is 2. The predicted octanol–water partition coefficient (Wildman–Crippen LogP) is 4.56. The molecule has 0 aliphatic carbocycles. The average molecular weight is 266 g/mol. The SMILES string of the molecule is CC[C@H]1O[C@H](C)CC1(c1ccccc1)c1ccccc1. The van der Waals surface area contributed by atoms with Gasteiger partial charge in [0.15, 0.2) is 0 Å². The van der Waals surface area contributed by atoms with Crippen molar-refractivity contribution in [3.63, 3.8) is 0 Å². The maximum Gasteiger partial charge on any atom is 0.0714 e. The molecule has 2 aromatic carbocycles. The first-order valence-electron chi connectivity index (χ1n) is 7.54. The van der Waals surface area contributed by atoms with Crippen LogP contribution >= 0.6 is 0 Å². The Morgan fingerprint density at radius 3 is 1.90 bits per heavy atom. The fourth-order valence-electron chi connectivity index (χ4n) is 3.72. The van der Waals surface area contributed by atoms with Crippen LogP contribution in [0.5, 0.6) is 0 Å². The molecule has 0 N–H and O–H groups in total. The molecular weight excluding hydrogens is 244 g/mol. The van der Waals surface area contributed by atoms with Gasteiger partial charge < -0.3 is 4.74 Å². The van der Waals surface area contributed by atoms with E-state index in [1.807, 2.05) is 0 Å². The lowest BCUT2D eigenvalue weighted by atomic mass is 9.68. The van der Waals surface area contributed by atoms with Crippen LogP contribution in [0.25, 0.3) is 0 Å². The summed E-state index contributed by atoms with van der Waals surface area (Å²) in [6.45, 7) is 4.42. The highest BCUT2D eigenvalue weighted by Gasteiger charge is 2.48. The van der Waals surface area contributed by atoms with Crippen molar-refractivity contribution in [1.29, 1.82) is 0 Å². The smallest absolute Gasteiger partial charge is 0.0714 e. The van der Waals surface area contributed by atoms with E-state index in [9.17, 15) is 0 Å². The summed E-state index contributed by atoms with van der Waals surface area (Å²) >= 11 is 0. The topological polar surface area (TPSA) is 9.23 Å². The molecule has 1 saturated heterocycles. The molecule has 1 aliphatic heterocycles. The molecule has 0 aromatic heterocycles. The van der Waals surface area contributed by atoms with E-state index in [2.05, 4.69) is 74.5 Å². The van der Waals surface area contributed by atoms with E-state index in [0.29, 0.717) is 6.10 Å². The quantitative estimate of drug-likeness (QED) is 0.791. The molecule has 0 radical (unpaired) electrons. The van der Waals surface area contributed by atoms with E-state index in [1.54, 1.807) is 0 Å². The Morgan fingerprint density at radius 2 is 1.45 bits per heavy atom. The van der Waals surface area contributed by atoms with Gasteiger partial charge in [0.05, 0.1) is 12.2 Å². The molecule has 1 heterocycles. The van der Waals surface area contributed by atoms with Gasteiger partial charge in [-0.05, 0) is 30.9 Å². The van der Waals surface area contributed by atoms with Crippen molar-refractivity contribution in [2.45, 2.75) is 44.3 Å². The second-order valence-corrected chi connectivity index (χ2v) is 5.75. The van der Waals surface area contributed by atoms with Gasteiger partial charge in [0.25, 0.3) is 0 Å². The van der Waals surface area contributed by atoms with Gasteiger partial charge in [0.1, 0.15) is 0 Å². The third-order valence-electron chi connectivity index (χ3n) is 4.50. The van der Waals surface area contributed by atoms with E-state index in [-0.39, 0.29) is 11.5 Å². The van der Waals surface area contributed by atoms with Crippen molar-refractivity contribution in [1.82, 2.24) is 0 Å². The van der Waals surface area contributed by atoms with Crippen LogP contribution < -0.4 is 0 Å². The lowest BCUT2D eigenvalue weighted by Crippen LogP contribution is -2.36. The van der Waals surface area contributed by atoms with E-state index >= 15 is 0 Å². The summed E-state index contributed by atoms with van der Waals surface area (Å²) in [7, 11) is 0. The Hall–Kier alpha value is -1.60. The zero-order valence-electron chi connectivity index (χ0n) is 12.3. The van der Waals surface area contributed by atoms with Gasteiger partial charge >= 0.3 is 0 Å². The monoisotopic (exact) mass is 266 g/mol.